The maximum atomic E-state index is 2.26. The van der Waals surface area contributed by atoms with Crippen molar-refractivity contribution < 1.29 is 0 Å². The van der Waals surface area contributed by atoms with Crippen LogP contribution in [-0.4, -0.2) is 0 Å². The second-order valence-electron chi connectivity index (χ2n) is 4.79. The molecular formula is C14H20. The van der Waals surface area contributed by atoms with Crippen molar-refractivity contribution in [2.75, 3.05) is 0 Å². The number of aryl methyl sites for hydroxylation is 1. The molecule has 0 aliphatic carbocycles. The van der Waals surface area contributed by atoms with Gasteiger partial charge in [0.25, 0.3) is 0 Å². The summed E-state index contributed by atoms with van der Waals surface area (Å²) in [6.07, 6.45) is 4.31. The standard InChI is InChI=1S/C14H20/c1-6-8-12-11(2)9-7-10-13(12)14(3,4)5/h6-10H,1-5H3/b8-6-. The Hall–Kier alpha value is -1.04. The lowest BCUT2D eigenvalue weighted by Crippen LogP contribution is -2.13. The Labute approximate surface area is 87.7 Å². The molecule has 1 aromatic carbocycles. The molecule has 76 valence electrons. The van der Waals surface area contributed by atoms with Crippen molar-refractivity contribution in [2.24, 2.45) is 0 Å². The number of hydrogen-bond donors (Lipinski definition) is 0. The lowest BCUT2D eigenvalue weighted by molar-refractivity contribution is 0.588. The Morgan fingerprint density at radius 1 is 1.14 bits per heavy atom. The summed E-state index contributed by atoms with van der Waals surface area (Å²) < 4.78 is 0. The van der Waals surface area contributed by atoms with Gasteiger partial charge in [-0.15, -0.1) is 0 Å². The van der Waals surface area contributed by atoms with E-state index in [9.17, 15) is 0 Å². The van der Waals surface area contributed by atoms with Crippen molar-refractivity contribution in [1.29, 1.82) is 0 Å². The van der Waals surface area contributed by atoms with Gasteiger partial charge in [0.05, 0.1) is 0 Å². The van der Waals surface area contributed by atoms with Crippen LogP contribution in [0.25, 0.3) is 6.08 Å². The van der Waals surface area contributed by atoms with Gasteiger partial charge in [-0.2, -0.15) is 0 Å². The molecule has 0 fully saturated rings. The molecule has 0 heterocycles. The predicted octanol–water partition coefficient (Wildman–Crippen LogP) is 4.33. The molecule has 0 aliphatic heterocycles. The molecule has 1 aromatic rings. The van der Waals surface area contributed by atoms with E-state index in [2.05, 4.69) is 65.0 Å². The number of benzene rings is 1. The SMILES string of the molecule is C/C=C\c1c(C)cccc1C(C)(C)C. The highest BCUT2D eigenvalue weighted by atomic mass is 14.2. The van der Waals surface area contributed by atoms with Crippen LogP contribution >= 0.6 is 0 Å². The zero-order valence-electron chi connectivity index (χ0n) is 9.89. The Morgan fingerprint density at radius 2 is 1.79 bits per heavy atom. The van der Waals surface area contributed by atoms with E-state index in [1.54, 1.807) is 0 Å². The highest BCUT2D eigenvalue weighted by molar-refractivity contribution is 5.59. The van der Waals surface area contributed by atoms with Crippen molar-refractivity contribution in [2.45, 2.75) is 40.0 Å². The summed E-state index contributed by atoms with van der Waals surface area (Å²) in [7, 11) is 0. The van der Waals surface area contributed by atoms with Gasteiger partial charge in [-0.25, -0.2) is 0 Å². The maximum Gasteiger partial charge on any atom is -0.0126 e. The highest BCUT2D eigenvalue weighted by Crippen LogP contribution is 2.28. The summed E-state index contributed by atoms with van der Waals surface area (Å²) in [6, 6.07) is 6.54. The van der Waals surface area contributed by atoms with Crippen molar-refractivity contribution in [1.82, 2.24) is 0 Å². The second kappa shape index (κ2) is 4.00. The minimum atomic E-state index is 0.223. The van der Waals surface area contributed by atoms with E-state index in [4.69, 9.17) is 0 Å². The first kappa shape index (κ1) is 11.0. The Bertz CT molecular complexity index is 338. The lowest BCUT2D eigenvalue weighted by atomic mass is 9.82. The van der Waals surface area contributed by atoms with Crippen molar-refractivity contribution >= 4 is 6.08 Å². The van der Waals surface area contributed by atoms with E-state index in [1.807, 2.05) is 0 Å². The summed E-state index contributed by atoms with van der Waals surface area (Å²) >= 11 is 0. The van der Waals surface area contributed by atoms with Crippen LogP contribution in [0.2, 0.25) is 0 Å². The summed E-state index contributed by atoms with van der Waals surface area (Å²) in [5.41, 5.74) is 4.38. The zero-order chi connectivity index (χ0) is 10.8. The summed E-state index contributed by atoms with van der Waals surface area (Å²) in [6.45, 7) is 11.0. The van der Waals surface area contributed by atoms with E-state index in [1.165, 1.54) is 16.7 Å². The maximum absolute atomic E-state index is 2.26. The van der Waals surface area contributed by atoms with Gasteiger partial charge in [-0.05, 0) is 36.0 Å². The molecule has 0 radical (unpaired) electrons. The molecule has 0 atom stereocenters. The summed E-state index contributed by atoms with van der Waals surface area (Å²) in [5.74, 6) is 0. The fourth-order valence-corrected chi connectivity index (χ4v) is 1.72. The normalized spacial score (nSPS) is 12.4. The minimum Gasteiger partial charge on any atom is -0.0870 e. The number of allylic oxidation sites excluding steroid dienone is 1. The van der Waals surface area contributed by atoms with E-state index in [-0.39, 0.29) is 5.41 Å². The van der Waals surface area contributed by atoms with E-state index in [0.717, 1.165) is 0 Å². The molecule has 0 N–H and O–H groups in total. The van der Waals surface area contributed by atoms with Crippen LogP contribution in [0.1, 0.15) is 44.4 Å². The molecular weight excluding hydrogens is 168 g/mol. The van der Waals surface area contributed by atoms with Crippen molar-refractivity contribution in [3.63, 3.8) is 0 Å². The molecule has 0 saturated carbocycles. The van der Waals surface area contributed by atoms with Crippen LogP contribution in [0.15, 0.2) is 24.3 Å². The topological polar surface area (TPSA) is 0 Å². The van der Waals surface area contributed by atoms with Gasteiger partial charge in [0.15, 0.2) is 0 Å². The number of hydrogen-bond acceptors (Lipinski definition) is 0. The third kappa shape index (κ3) is 2.25. The van der Waals surface area contributed by atoms with Gasteiger partial charge in [-0.3, -0.25) is 0 Å². The monoisotopic (exact) mass is 188 g/mol. The Morgan fingerprint density at radius 3 is 2.29 bits per heavy atom. The van der Waals surface area contributed by atoms with Crippen molar-refractivity contribution in [3.05, 3.63) is 41.0 Å². The highest BCUT2D eigenvalue weighted by Gasteiger charge is 2.17. The zero-order valence-corrected chi connectivity index (χ0v) is 9.89. The Kier molecular flexibility index (Phi) is 3.15. The summed E-state index contributed by atoms with van der Waals surface area (Å²) in [5, 5.41) is 0. The smallest absolute Gasteiger partial charge is 0.0126 e. The van der Waals surface area contributed by atoms with Crippen LogP contribution in [0, 0.1) is 6.92 Å². The fraction of sp³-hybridized carbons (Fsp3) is 0.429. The van der Waals surface area contributed by atoms with Gasteiger partial charge in [0.1, 0.15) is 0 Å². The van der Waals surface area contributed by atoms with Crippen LogP contribution < -0.4 is 0 Å². The minimum absolute atomic E-state index is 0.223. The molecule has 0 bridgehead atoms. The van der Waals surface area contributed by atoms with Crippen LogP contribution in [0.5, 0.6) is 0 Å². The van der Waals surface area contributed by atoms with Crippen LogP contribution in [0.3, 0.4) is 0 Å². The molecule has 0 saturated heterocycles. The van der Waals surface area contributed by atoms with Gasteiger partial charge in [0.2, 0.25) is 0 Å². The average molecular weight is 188 g/mol. The molecule has 0 heteroatoms. The first-order valence-corrected chi connectivity index (χ1v) is 5.19. The molecule has 0 spiro atoms. The van der Waals surface area contributed by atoms with Gasteiger partial charge >= 0.3 is 0 Å². The quantitative estimate of drug-likeness (QED) is 0.615. The molecule has 0 nitrogen and oxygen atoms in total. The Balaban J connectivity index is 3.36. The fourth-order valence-electron chi connectivity index (χ4n) is 1.72. The molecule has 0 unspecified atom stereocenters. The largest absolute Gasteiger partial charge is 0.0870 e. The van der Waals surface area contributed by atoms with E-state index >= 15 is 0 Å². The second-order valence-corrected chi connectivity index (χ2v) is 4.79. The number of rotatable bonds is 1. The molecule has 0 amide bonds. The summed E-state index contributed by atoms with van der Waals surface area (Å²) in [4.78, 5) is 0. The van der Waals surface area contributed by atoms with Gasteiger partial charge < -0.3 is 0 Å². The van der Waals surface area contributed by atoms with Gasteiger partial charge in [-0.1, -0.05) is 51.1 Å². The lowest BCUT2D eigenvalue weighted by Gasteiger charge is -2.22. The van der Waals surface area contributed by atoms with Gasteiger partial charge in [0, 0.05) is 0 Å². The van der Waals surface area contributed by atoms with Crippen molar-refractivity contribution in [3.8, 4) is 0 Å². The first-order chi connectivity index (χ1) is 6.46. The molecule has 0 aliphatic rings. The third-order valence-electron chi connectivity index (χ3n) is 2.47. The van der Waals surface area contributed by atoms with Crippen LogP contribution in [-0.2, 0) is 5.41 Å². The van der Waals surface area contributed by atoms with Crippen LogP contribution in [0.4, 0.5) is 0 Å². The molecule has 14 heavy (non-hydrogen) atoms. The molecule has 1 rings (SSSR count). The average Bonchev–Trinajstić information content (AvgIpc) is 2.07. The third-order valence-corrected chi connectivity index (χ3v) is 2.47. The van der Waals surface area contributed by atoms with E-state index in [0.29, 0.717) is 0 Å². The molecule has 0 aromatic heterocycles. The first-order valence-electron chi connectivity index (χ1n) is 5.19. The van der Waals surface area contributed by atoms with E-state index < -0.39 is 0 Å². The predicted molar refractivity (Wildman–Crippen MR) is 64.6 cm³/mol.